The van der Waals surface area contributed by atoms with E-state index < -0.39 is 0 Å². The maximum atomic E-state index is 11.8. The Balaban J connectivity index is 2.21. The molecule has 0 aromatic heterocycles. The molecule has 2 rings (SSSR count). The molecule has 0 N–H and O–H groups in total. The standard InChI is InChI=1S/C15H22O2/c1-11-6-5-8-15(4)13(17-15)10-14(2,3)9-7-12(11)16/h6-7,9,13H,5,8,10H2,1-4H3/b9-7-,11-6+. The van der Waals surface area contributed by atoms with Gasteiger partial charge in [-0.05, 0) is 50.2 Å². The highest BCUT2D eigenvalue weighted by molar-refractivity contribution is 6.03. The maximum Gasteiger partial charge on any atom is 0.180 e. The molecular weight excluding hydrogens is 212 g/mol. The van der Waals surface area contributed by atoms with Crippen LogP contribution in [0.4, 0.5) is 0 Å². The lowest BCUT2D eigenvalue weighted by Gasteiger charge is -2.19. The molecule has 0 aromatic carbocycles. The topological polar surface area (TPSA) is 29.6 Å². The van der Waals surface area contributed by atoms with Gasteiger partial charge in [-0.25, -0.2) is 0 Å². The van der Waals surface area contributed by atoms with Crippen molar-refractivity contribution in [3.63, 3.8) is 0 Å². The first-order valence-corrected chi connectivity index (χ1v) is 6.41. The summed E-state index contributed by atoms with van der Waals surface area (Å²) >= 11 is 0. The van der Waals surface area contributed by atoms with Gasteiger partial charge in [-0.15, -0.1) is 0 Å². The van der Waals surface area contributed by atoms with Crippen molar-refractivity contribution >= 4 is 5.78 Å². The van der Waals surface area contributed by atoms with Crippen LogP contribution in [0.1, 0.15) is 47.0 Å². The number of allylic oxidation sites excluding steroid dienone is 4. The van der Waals surface area contributed by atoms with E-state index in [0.29, 0.717) is 6.10 Å². The highest BCUT2D eigenvalue weighted by Gasteiger charge is 2.52. The molecule has 0 saturated carbocycles. The SMILES string of the molecule is C/C1=C\CCC2(C)OC2CC(C)(C)/C=C\C1=O. The first kappa shape index (κ1) is 12.6. The maximum absolute atomic E-state index is 11.8. The van der Waals surface area contributed by atoms with Crippen LogP contribution < -0.4 is 0 Å². The van der Waals surface area contributed by atoms with Gasteiger partial charge in [-0.1, -0.05) is 26.0 Å². The van der Waals surface area contributed by atoms with Gasteiger partial charge in [0, 0.05) is 0 Å². The molecule has 94 valence electrons. The molecule has 2 aliphatic rings. The van der Waals surface area contributed by atoms with Gasteiger partial charge >= 0.3 is 0 Å². The fourth-order valence-corrected chi connectivity index (χ4v) is 2.42. The number of carbonyl (C=O) groups is 1. The monoisotopic (exact) mass is 234 g/mol. The molecule has 2 heteroatoms. The number of fused-ring (bicyclic) bond motifs is 1. The summed E-state index contributed by atoms with van der Waals surface area (Å²) in [6, 6.07) is 0. The molecule has 2 atom stereocenters. The highest BCUT2D eigenvalue weighted by atomic mass is 16.6. The van der Waals surface area contributed by atoms with Gasteiger partial charge in [-0.2, -0.15) is 0 Å². The van der Waals surface area contributed by atoms with Crippen LogP contribution >= 0.6 is 0 Å². The number of carbonyl (C=O) groups excluding carboxylic acids is 1. The zero-order valence-electron chi connectivity index (χ0n) is 11.2. The lowest BCUT2D eigenvalue weighted by Crippen LogP contribution is -2.17. The second kappa shape index (κ2) is 4.09. The highest BCUT2D eigenvalue weighted by Crippen LogP contribution is 2.46. The van der Waals surface area contributed by atoms with Crippen molar-refractivity contribution in [2.45, 2.75) is 58.7 Å². The number of ether oxygens (including phenoxy) is 1. The van der Waals surface area contributed by atoms with E-state index in [1.54, 1.807) is 6.08 Å². The smallest absolute Gasteiger partial charge is 0.180 e. The summed E-state index contributed by atoms with van der Waals surface area (Å²) < 4.78 is 5.83. The van der Waals surface area contributed by atoms with Crippen molar-refractivity contribution < 1.29 is 9.53 Å². The molecule has 2 nitrogen and oxygen atoms in total. The van der Waals surface area contributed by atoms with Gasteiger partial charge in [0.25, 0.3) is 0 Å². The second-order valence-corrected chi connectivity index (χ2v) is 6.24. The molecule has 1 fully saturated rings. The molecular formula is C15H22O2. The van der Waals surface area contributed by atoms with E-state index in [2.05, 4.69) is 20.8 Å². The summed E-state index contributed by atoms with van der Waals surface area (Å²) in [7, 11) is 0. The van der Waals surface area contributed by atoms with Crippen molar-refractivity contribution in [1.82, 2.24) is 0 Å². The fraction of sp³-hybridized carbons (Fsp3) is 0.667. The molecule has 2 unspecified atom stereocenters. The van der Waals surface area contributed by atoms with E-state index >= 15 is 0 Å². The summed E-state index contributed by atoms with van der Waals surface area (Å²) in [6.07, 6.45) is 9.07. The lowest BCUT2D eigenvalue weighted by atomic mass is 9.84. The summed E-state index contributed by atoms with van der Waals surface area (Å²) in [4.78, 5) is 11.8. The Morgan fingerprint density at radius 1 is 1.35 bits per heavy atom. The third-order valence-corrected chi connectivity index (χ3v) is 3.91. The summed E-state index contributed by atoms with van der Waals surface area (Å²) in [5, 5.41) is 0. The summed E-state index contributed by atoms with van der Waals surface area (Å²) in [5.41, 5.74) is 0.914. The van der Waals surface area contributed by atoms with Crippen LogP contribution in [-0.4, -0.2) is 17.5 Å². The van der Waals surface area contributed by atoms with Gasteiger partial charge in [0.1, 0.15) is 0 Å². The molecule has 1 aliphatic heterocycles. The van der Waals surface area contributed by atoms with Crippen molar-refractivity contribution in [1.29, 1.82) is 0 Å². The zero-order chi connectivity index (χ0) is 12.7. The quantitative estimate of drug-likeness (QED) is 0.601. The minimum absolute atomic E-state index is 0.0305. The zero-order valence-corrected chi connectivity index (χ0v) is 11.2. The van der Waals surface area contributed by atoms with Crippen LogP contribution in [0.2, 0.25) is 0 Å². The Hall–Kier alpha value is -0.890. The van der Waals surface area contributed by atoms with Gasteiger partial charge < -0.3 is 4.74 Å². The van der Waals surface area contributed by atoms with E-state index in [0.717, 1.165) is 24.8 Å². The third kappa shape index (κ3) is 2.86. The van der Waals surface area contributed by atoms with Crippen molar-refractivity contribution in [2.75, 3.05) is 0 Å². The van der Waals surface area contributed by atoms with Crippen molar-refractivity contribution in [2.24, 2.45) is 5.41 Å². The minimum atomic E-state index is 0.0305. The van der Waals surface area contributed by atoms with Gasteiger partial charge in [-0.3, -0.25) is 4.79 Å². The molecule has 0 spiro atoms. The van der Waals surface area contributed by atoms with Crippen LogP contribution in [0.15, 0.2) is 23.8 Å². The Bertz CT molecular complexity index is 390. The molecule has 0 bridgehead atoms. The van der Waals surface area contributed by atoms with Crippen LogP contribution in [0, 0.1) is 5.41 Å². The number of hydrogen-bond acceptors (Lipinski definition) is 2. The molecule has 17 heavy (non-hydrogen) atoms. The first-order valence-electron chi connectivity index (χ1n) is 6.41. The Kier molecular flexibility index (Phi) is 3.03. The van der Waals surface area contributed by atoms with E-state index in [4.69, 9.17) is 4.74 Å². The minimum Gasteiger partial charge on any atom is -0.366 e. The van der Waals surface area contributed by atoms with Gasteiger partial charge in [0.2, 0.25) is 0 Å². The first-order chi connectivity index (χ1) is 7.82. The number of rotatable bonds is 0. The van der Waals surface area contributed by atoms with E-state index in [1.807, 2.05) is 19.1 Å². The van der Waals surface area contributed by atoms with Crippen LogP contribution in [0.25, 0.3) is 0 Å². The van der Waals surface area contributed by atoms with Crippen LogP contribution in [0.5, 0.6) is 0 Å². The number of epoxide rings is 1. The Morgan fingerprint density at radius 2 is 2.06 bits per heavy atom. The molecule has 0 amide bonds. The molecule has 0 radical (unpaired) electrons. The fourth-order valence-electron chi connectivity index (χ4n) is 2.42. The largest absolute Gasteiger partial charge is 0.366 e. The average molecular weight is 234 g/mol. The Labute approximate surface area is 104 Å². The summed E-state index contributed by atoms with van der Waals surface area (Å²) in [5.74, 6) is 0.139. The number of ketones is 1. The second-order valence-electron chi connectivity index (χ2n) is 6.24. The normalized spacial score (nSPS) is 41.8. The van der Waals surface area contributed by atoms with Crippen LogP contribution in [-0.2, 0) is 9.53 Å². The lowest BCUT2D eigenvalue weighted by molar-refractivity contribution is -0.111. The van der Waals surface area contributed by atoms with Crippen molar-refractivity contribution in [3.8, 4) is 0 Å². The molecule has 1 aliphatic carbocycles. The Morgan fingerprint density at radius 3 is 2.76 bits per heavy atom. The molecule has 1 saturated heterocycles. The van der Waals surface area contributed by atoms with E-state index in [1.165, 1.54) is 0 Å². The predicted molar refractivity (Wildman–Crippen MR) is 68.8 cm³/mol. The van der Waals surface area contributed by atoms with Gasteiger partial charge in [0.05, 0.1) is 11.7 Å². The van der Waals surface area contributed by atoms with Crippen molar-refractivity contribution in [3.05, 3.63) is 23.8 Å². The average Bonchev–Trinajstić information content (AvgIpc) is 2.83. The predicted octanol–water partition coefficient (Wildman–Crippen LogP) is 3.43. The molecule has 0 aromatic rings. The number of hydrogen-bond donors (Lipinski definition) is 0. The summed E-state index contributed by atoms with van der Waals surface area (Å²) in [6.45, 7) is 8.40. The van der Waals surface area contributed by atoms with Gasteiger partial charge in [0.15, 0.2) is 5.78 Å². The van der Waals surface area contributed by atoms with E-state index in [9.17, 15) is 4.79 Å². The van der Waals surface area contributed by atoms with Crippen LogP contribution in [0.3, 0.4) is 0 Å². The third-order valence-electron chi connectivity index (χ3n) is 3.91. The van der Waals surface area contributed by atoms with E-state index in [-0.39, 0.29) is 16.8 Å². The molecule has 1 heterocycles.